The molecule has 1 amide bonds. The van der Waals surface area contributed by atoms with Crippen LogP contribution in [0.1, 0.15) is 43.9 Å². The minimum atomic E-state index is 0.240. The van der Waals surface area contributed by atoms with Crippen molar-refractivity contribution in [1.82, 2.24) is 24.8 Å². The predicted molar refractivity (Wildman–Crippen MR) is 89.9 cm³/mol. The fraction of sp³-hybridized carbons (Fsp3) is 0.647. The largest absolute Gasteiger partial charge is 0.370 e. The van der Waals surface area contributed by atoms with Crippen LogP contribution in [0.4, 0.5) is 5.82 Å². The van der Waals surface area contributed by atoms with Gasteiger partial charge in [-0.25, -0.2) is 4.68 Å². The molecule has 8 heteroatoms. The first-order valence-electron chi connectivity index (χ1n) is 9.22. The lowest BCUT2D eigenvalue weighted by atomic mass is 9.96. The summed E-state index contributed by atoms with van der Waals surface area (Å²) in [4.78, 5) is 18.8. The predicted octanol–water partition coefficient (Wildman–Crippen LogP) is 1.86. The van der Waals surface area contributed by atoms with Crippen LogP contribution in [-0.4, -0.2) is 50.4 Å². The first-order chi connectivity index (χ1) is 12.3. The number of hydrogen-bond acceptors (Lipinski definition) is 6. The average molecular weight is 342 g/mol. The lowest BCUT2D eigenvalue weighted by molar-refractivity contribution is -0.133. The topological polar surface area (TPSA) is 89.1 Å². The Morgan fingerprint density at radius 1 is 1.20 bits per heavy atom. The Labute approximate surface area is 145 Å². The molecule has 0 bridgehead atoms. The molecule has 3 aliphatic rings. The minimum Gasteiger partial charge on any atom is -0.370 e. The normalized spacial score (nSPS) is 21.0. The molecule has 2 aliphatic heterocycles. The van der Waals surface area contributed by atoms with E-state index in [1.807, 2.05) is 9.58 Å². The molecule has 8 nitrogen and oxygen atoms in total. The molecule has 0 aromatic carbocycles. The molecule has 0 unspecified atom stereocenters. The fourth-order valence-electron chi connectivity index (χ4n) is 3.79. The van der Waals surface area contributed by atoms with E-state index in [2.05, 4.69) is 20.6 Å². The maximum Gasteiger partial charge on any atom is 0.230 e. The highest BCUT2D eigenvalue weighted by atomic mass is 16.5. The van der Waals surface area contributed by atoms with E-state index in [1.165, 1.54) is 0 Å². The van der Waals surface area contributed by atoms with Gasteiger partial charge in [0, 0.05) is 38.0 Å². The zero-order valence-corrected chi connectivity index (χ0v) is 14.1. The molecular weight excluding hydrogens is 320 g/mol. The van der Waals surface area contributed by atoms with E-state index in [-0.39, 0.29) is 5.92 Å². The van der Waals surface area contributed by atoms with Crippen LogP contribution in [-0.2, 0) is 11.3 Å². The highest BCUT2D eigenvalue weighted by Gasteiger charge is 2.36. The van der Waals surface area contributed by atoms with Crippen molar-refractivity contribution >= 4 is 11.7 Å². The number of fused-ring (bicyclic) bond motifs is 1. The summed E-state index contributed by atoms with van der Waals surface area (Å²) in [6, 6.07) is 0. The number of piperidine rings is 1. The summed E-state index contributed by atoms with van der Waals surface area (Å²) in [6.45, 7) is 3.45. The number of anilines is 1. The molecule has 2 fully saturated rings. The van der Waals surface area contributed by atoms with Gasteiger partial charge in [-0.3, -0.25) is 4.79 Å². The number of amides is 1. The summed E-state index contributed by atoms with van der Waals surface area (Å²) in [5.41, 5.74) is 0.899. The number of nitrogens with zero attached hydrogens (tertiary/aromatic N) is 5. The van der Waals surface area contributed by atoms with Gasteiger partial charge in [-0.1, -0.05) is 5.16 Å². The van der Waals surface area contributed by atoms with Crippen LogP contribution >= 0.6 is 0 Å². The monoisotopic (exact) mass is 342 g/mol. The molecular formula is C17H22N6O2. The van der Waals surface area contributed by atoms with Gasteiger partial charge in [0.25, 0.3) is 0 Å². The molecule has 1 N–H and O–H groups in total. The zero-order valence-electron chi connectivity index (χ0n) is 14.1. The van der Waals surface area contributed by atoms with Gasteiger partial charge in [-0.05, 0) is 32.1 Å². The third-order valence-corrected chi connectivity index (χ3v) is 5.44. The van der Waals surface area contributed by atoms with Gasteiger partial charge in [0.2, 0.25) is 17.6 Å². The number of carbonyl (C=O) groups excluding carboxylic acids is 1. The Balaban J connectivity index is 1.29. The number of rotatable bonds is 3. The minimum absolute atomic E-state index is 0.240. The van der Waals surface area contributed by atoms with E-state index in [0.29, 0.717) is 23.5 Å². The van der Waals surface area contributed by atoms with Gasteiger partial charge in [0.1, 0.15) is 5.82 Å². The van der Waals surface area contributed by atoms with Gasteiger partial charge in [-0.2, -0.15) is 10.1 Å². The third kappa shape index (κ3) is 2.69. The second kappa shape index (κ2) is 5.86. The van der Waals surface area contributed by atoms with Crippen molar-refractivity contribution in [3.05, 3.63) is 12.1 Å². The van der Waals surface area contributed by atoms with Crippen molar-refractivity contribution in [2.75, 3.05) is 25.0 Å². The van der Waals surface area contributed by atoms with E-state index >= 15 is 0 Å². The second-order valence-corrected chi connectivity index (χ2v) is 7.24. The van der Waals surface area contributed by atoms with E-state index in [0.717, 1.165) is 69.7 Å². The Hall–Kier alpha value is -2.38. The van der Waals surface area contributed by atoms with Crippen LogP contribution < -0.4 is 5.32 Å². The summed E-state index contributed by atoms with van der Waals surface area (Å²) in [5.74, 6) is 3.13. The lowest BCUT2D eigenvalue weighted by Gasteiger charge is -2.30. The molecule has 25 heavy (non-hydrogen) atoms. The Bertz CT molecular complexity index is 785. The zero-order chi connectivity index (χ0) is 16.8. The molecule has 2 aromatic rings. The molecule has 4 heterocycles. The van der Waals surface area contributed by atoms with Crippen molar-refractivity contribution in [2.24, 2.45) is 5.92 Å². The molecule has 132 valence electrons. The maximum atomic E-state index is 12.2. The smallest absolute Gasteiger partial charge is 0.230 e. The first kappa shape index (κ1) is 14.9. The van der Waals surface area contributed by atoms with Gasteiger partial charge >= 0.3 is 0 Å². The van der Waals surface area contributed by atoms with Gasteiger partial charge in [-0.15, -0.1) is 0 Å². The standard InChI is InChI=1S/C17H22N6O2/c24-17(12-2-3-12)22-8-4-11(5-9-22)16-20-14(21-25-16)13-10-19-23-7-1-6-18-15(13)23/h10-12,18H,1-9H2. The molecule has 5 rings (SSSR count). The summed E-state index contributed by atoms with van der Waals surface area (Å²) < 4.78 is 7.50. The van der Waals surface area contributed by atoms with Crippen molar-refractivity contribution in [3.63, 3.8) is 0 Å². The van der Waals surface area contributed by atoms with Crippen molar-refractivity contribution in [1.29, 1.82) is 0 Å². The summed E-state index contributed by atoms with van der Waals surface area (Å²) >= 11 is 0. The van der Waals surface area contributed by atoms with E-state index in [1.54, 1.807) is 6.20 Å². The summed E-state index contributed by atoms with van der Waals surface area (Å²) in [6.07, 6.45) is 6.80. The van der Waals surface area contributed by atoms with Crippen LogP contribution in [0, 0.1) is 5.92 Å². The fourth-order valence-corrected chi connectivity index (χ4v) is 3.79. The number of likely N-dealkylation sites (tertiary alicyclic amines) is 1. The average Bonchev–Trinajstić information content (AvgIpc) is 3.24. The Morgan fingerprint density at radius 3 is 2.84 bits per heavy atom. The lowest BCUT2D eigenvalue weighted by Crippen LogP contribution is -2.38. The number of aryl methyl sites for hydroxylation is 1. The molecule has 1 aliphatic carbocycles. The van der Waals surface area contributed by atoms with E-state index < -0.39 is 0 Å². The van der Waals surface area contributed by atoms with Gasteiger partial charge in [0.05, 0.1) is 11.8 Å². The second-order valence-electron chi connectivity index (χ2n) is 7.24. The Morgan fingerprint density at radius 2 is 2.04 bits per heavy atom. The van der Waals surface area contributed by atoms with Crippen LogP contribution in [0.5, 0.6) is 0 Å². The van der Waals surface area contributed by atoms with Crippen LogP contribution in [0.15, 0.2) is 10.7 Å². The molecule has 1 saturated carbocycles. The number of carbonyl (C=O) groups is 1. The van der Waals surface area contributed by atoms with E-state index in [4.69, 9.17) is 4.52 Å². The van der Waals surface area contributed by atoms with Crippen LogP contribution in [0.25, 0.3) is 11.4 Å². The van der Waals surface area contributed by atoms with Crippen molar-refractivity contribution < 1.29 is 9.32 Å². The van der Waals surface area contributed by atoms with Gasteiger partial charge in [0.15, 0.2) is 0 Å². The quantitative estimate of drug-likeness (QED) is 0.916. The van der Waals surface area contributed by atoms with E-state index in [9.17, 15) is 4.79 Å². The molecule has 2 aromatic heterocycles. The van der Waals surface area contributed by atoms with Crippen molar-refractivity contribution in [2.45, 2.75) is 44.6 Å². The molecule has 1 saturated heterocycles. The van der Waals surface area contributed by atoms with Crippen LogP contribution in [0.3, 0.4) is 0 Å². The number of aromatic nitrogens is 4. The maximum absolute atomic E-state index is 12.2. The summed E-state index contributed by atoms with van der Waals surface area (Å²) in [5, 5.41) is 11.9. The third-order valence-electron chi connectivity index (χ3n) is 5.44. The highest BCUT2D eigenvalue weighted by molar-refractivity contribution is 5.81. The summed E-state index contributed by atoms with van der Waals surface area (Å²) in [7, 11) is 0. The molecule has 0 spiro atoms. The van der Waals surface area contributed by atoms with Crippen molar-refractivity contribution in [3.8, 4) is 11.4 Å². The number of nitrogens with one attached hydrogen (secondary N) is 1. The Kier molecular flexibility index (Phi) is 3.50. The van der Waals surface area contributed by atoms with Crippen LogP contribution in [0.2, 0.25) is 0 Å². The van der Waals surface area contributed by atoms with Gasteiger partial charge < -0.3 is 14.7 Å². The molecule has 0 radical (unpaired) electrons. The SMILES string of the molecule is O=C(C1CC1)N1CCC(c2nc(-c3cnn4c3NCCC4)no2)CC1. The first-order valence-corrected chi connectivity index (χ1v) is 9.22. The molecule has 0 atom stereocenters. The highest BCUT2D eigenvalue weighted by Crippen LogP contribution is 2.35. The number of hydrogen-bond donors (Lipinski definition) is 1.